The molecule has 8 nitrogen and oxygen atoms in total. The van der Waals surface area contributed by atoms with Gasteiger partial charge < -0.3 is 40.1 Å². The molecule has 42 heavy (non-hydrogen) atoms. The standard InChI is InChI=1S/C34H60O8/c1-17(2)7-10-25(36)19(4)28-18(3)13-24-22-9-8-20-14-21(41-32-31(40)30(39)29(38)26(16-35)42-32)15-27(37)34(20,6)23(22)11-12-33(24,28)5/h17-32,35-40H,7-16H2,1-6H3. The van der Waals surface area contributed by atoms with Crippen LogP contribution in [0.15, 0.2) is 0 Å². The molecule has 1 saturated heterocycles. The first-order valence-corrected chi connectivity index (χ1v) is 17.1. The van der Waals surface area contributed by atoms with Gasteiger partial charge in [-0.1, -0.05) is 41.5 Å². The van der Waals surface area contributed by atoms with E-state index in [1.807, 2.05) is 0 Å². The Bertz CT molecular complexity index is 914. The molecule has 1 aliphatic heterocycles. The van der Waals surface area contributed by atoms with Crippen LogP contribution in [0.1, 0.15) is 99.3 Å². The summed E-state index contributed by atoms with van der Waals surface area (Å²) in [5, 5.41) is 63.4. The second kappa shape index (κ2) is 12.5. The van der Waals surface area contributed by atoms with Gasteiger partial charge in [0.1, 0.15) is 24.4 Å². The second-order valence-corrected chi connectivity index (χ2v) is 16.1. The third-order valence-corrected chi connectivity index (χ3v) is 13.5. The Balaban J connectivity index is 1.28. The van der Waals surface area contributed by atoms with Gasteiger partial charge in [0.05, 0.1) is 24.9 Å². The zero-order valence-corrected chi connectivity index (χ0v) is 26.8. The molecule has 6 N–H and O–H groups in total. The molecule has 17 atom stereocenters. The summed E-state index contributed by atoms with van der Waals surface area (Å²) in [5.41, 5.74) is 0.0135. The molecule has 0 spiro atoms. The first-order chi connectivity index (χ1) is 19.7. The van der Waals surface area contributed by atoms with E-state index in [2.05, 4.69) is 41.5 Å². The van der Waals surface area contributed by atoms with Gasteiger partial charge in [0.25, 0.3) is 0 Å². The van der Waals surface area contributed by atoms with Gasteiger partial charge in [-0.2, -0.15) is 0 Å². The molecule has 5 rings (SSSR count). The van der Waals surface area contributed by atoms with Crippen LogP contribution >= 0.6 is 0 Å². The predicted octanol–water partition coefficient (Wildman–Crippen LogP) is 3.48. The van der Waals surface area contributed by atoms with Crippen molar-refractivity contribution < 1.29 is 40.1 Å². The first kappa shape index (κ1) is 33.1. The van der Waals surface area contributed by atoms with E-state index in [1.54, 1.807) is 0 Å². The number of fused-ring (bicyclic) bond motifs is 5. The Morgan fingerprint density at radius 2 is 1.60 bits per heavy atom. The average molecular weight is 597 g/mol. The highest BCUT2D eigenvalue weighted by Crippen LogP contribution is 2.69. The summed E-state index contributed by atoms with van der Waals surface area (Å²) in [6.45, 7) is 13.5. The fourth-order valence-corrected chi connectivity index (χ4v) is 11.3. The molecule has 5 fully saturated rings. The van der Waals surface area contributed by atoms with Gasteiger partial charge in [-0.15, -0.1) is 0 Å². The van der Waals surface area contributed by atoms with Crippen molar-refractivity contribution in [2.45, 2.75) is 148 Å². The van der Waals surface area contributed by atoms with Gasteiger partial charge in [-0.25, -0.2) is 0 Å². The molecule has 0 amide bonds. The molecule has 244 valence electrons. The van der Waals surface area contributed by atoms with Crippen LogP contribution in [0.3, 0.4) is 0 Å². The lowest BCUT2D eigenvalue weighted by atomic mass is 9.43. The zero-order chi connectivity index (χ0) is 30.7. The van der Waals surface area contributed by atoms with Crippen molar-refractivity contribution in [3.05, 3.63) is 0 Å². The van der Waals surface area contributed by atoms with E-state index in [4.69, 9.17) is 9.47 Å². The molecule has 4 saturated carbocycles. The molecule has 4 aliphatic carbocycles. The molecule has 17 unspecified atom stereocenters. The van der Waals surface area contributed by atoms with Gasteiger partial charge in [-0.3, -0.25) is 0 Å². The van der Waals surface area contributed by atoms with E-state index < -0.39 is 43.4 Å². The van der Waals surface area contributed by atoms with Crippen molar-refractivity contribution in [2.75, 3.05) is 6.61 Å². The fraction of sp³-hybridized carbons (Fsp3) is 1.00. The Kier molecular flexibility index (Phi) is 9.81. The summed E-state index contributed by atoms with van der Waals surface area (Å²) in [6.07, 6.45) is 1.17. The third-order valence-electron chi connectivity index (χ3n) is 13.5. The zero-order valence-electron chi connectivity index (χ0n) is 26.8. The van der Waals surface area contributed by atoms with Crippen LogP contribution in [0.2, 0.25) is 0 Å². The first-order valence-electron chi connectivity index (χ1n) is 17.1. The second-order valence-electron chi connectivity index (χ2n) is 16.1. The summed E-state index contributed by atoms with van der Waals surface area (Å²) < 4.78 is 11.8. The quantitative estimate of drug-likeness (QED) is 0.234. The number of hydrogen-bond donors (Lipinski definition) is 6. The van der Waals surface area contributed by atoms with Gasteiger partial charge in [0, 0.05) is 6.42 Å². The number of aliphatic hydroxyl groups excluding tert-OH is 6. The molecule has 1 heterocycles. The molecule has 0 bridgehead atoms. The smallest absolute Gasteiger partial charge is 0.186 e. The van der Waals surface area contributed by atoms with E-state index in [0.717, 1.165) is 44.9 Å². The van der Waals surface area contributed by atoms with Gasteiger partial charge in [0.15, 0.2) is 6.29 Å². The summed E-state index contributed by atoms with van der Waals surface area (Å²) >= 11 is 0. The van der Waals surface area contributed by atoms with Gasteiger partial charge in [0.2, 0.25) is 0 Å². The number of hydrogen-bond acceptors (Lipinski definition) is 8. The summed E-state index contributed by atoms with van der Waals surface area (Å²) in [7, 11) is 0. The molecule has 0 aromatic rings. The normalized spacial score (nSPS) is 52.4. The summed E-state index contributed by atoms with van der Waals surface area (Å²) in [5.74, 6) is 3.92. The van der Waals surface area contributed by atoms with Crippen LogP contribution in [0.5, 0.6) is 0 Å². The number of aliphatic hydroxyl groups is 6. The minimum absolute atomic E-state index is 0.205. The summed E-state index contributed by atoms with van der Waals surface area (Å²) in [6, 6.07) is 0. The van der Waals surface area contributed by atoms with Crippen LogP contribution < -0.4 is 0 Å². The highest BCUT2D eigenvalue weighted by atomic mass is 16.7. The largest absolute Gasteiger partial charge is 0.394 e. The van der Waals surface area contributed by atoms with Crippen LogP contribution in [0, 0.1) is 58.2 Å². The van der Waals surface area contributed by atoms with Gasteiger partial charge in [-0.05, 0) is 110 Å². The van der Waals surface area contributed by atoms with E-state index >= 15 is 0 Å². The Morgan fingerprint density at radius 1 is 0.881 bits per heavy atom. The molecule has 0 aromatic carbocycles. The molecule has 5 aliphatic rings. The molecule has 0 aromatic heterocycles. The Morgan fingerprint density at radius 3 is 2.26 bits per heavy atom. The highest BCUT2D eigenvalue weighted by Gasteiger charge is 2.64. The Hall–Kier alpha value is -0.320. The molecular weight excluding hydrogens is 536 g/mol. The van der Waals surface area contributed by atoms with E-state index in [1.165, 1.54) is 6.42 Å². The highest BCUT2D eigenvalue weighted by molar-refractivity contribution is 5.13. The molecule has 0 radical (unpaired) electrons. The lowest BCUT2D eigenvalue weighted by Gasteiger charge is -2.62. The van der Waals surface area contributed by atoms with Crippen molar-refractivity contribution in [3.63, 3.8) is 0 Å². The van der Waals surface area contributed by atoms with Crippen molar-refractivity contribution in [1.82, 2.24) is 0 Å². The minimum atomic E-state index is -1.47. The molecule has 8 heteroatoms. The van der Waals surface area contributed by atoms with Crippen molar-refractivity contribution in [2.24, 2.45) is 58.2 Å². The lowest BCUT2D eigenvalue weighted by molar-refractivity contribution is -0.320. The van der Waals surface area contributed by atoms with Crippen LogP contribution in [0.25, 0.3) is 0 Å². The minimum Gasteiger partial charge on any atom is -0.394 e. The van der Waals surface area contributed by atoms with E-state index in [0.29, 0.717) is 41.9 Å². The monoisotopic (exact) mass is 596 g/mol. The van der Waals surface area contributed by atoms with Crippen LogP contribution in [-0.4, -0.2) is 86.3 Å². The number of ether oxygens (including phenoxy) is 2. The maximum absolute atomic E-state index is 11.8. The van der Waals surface area contributed by atoms with Crippen LogP contribution in [0.4, 0.5) is 0 Å². The maximum atomic E-state index is 11.8. The fourth-order valence-electron chi connectivity index (χ4n) is 11.3. The lowest BCUT2D eigenvalue weighted by Crippen LogP contribution is -2.62. The van der Waals surface area contributed by atoms with Crippen LogP contribution in [-0.2, 0) is 9.47 Å². The predicted molar refractivity (Wildman–Crippen MR) is 159 cm³/mol. The number of rotatable bonds is 8. The maximum Gasteiger partial charge on any atom is 0.186 e. The molecular formula is C34H60O8. The van der Waals surface area contributed by atoms with Gasteiger partial charge >= 0.3 is 0 Å². The van der Waals surface area contributed by atoms with Crippen molar-refractivity contribution >= 4 is 0 Å². The van der Waals surface area contributed by atoms with Crippen molar-refractivity contribution in [3.8, 4) is 0 Å². The Labute approximate surface area is 253 Å². The van der Waals surface area contributed by atoms with Crippen molar-refractivity contribution in [1.29, 1.82) is 0 Å². The van der Waals surface area contributed by atoms with E-state index in [-0.39, 0.29) is 34.9 Å². The average Bonchev–Trinajstić information content (AvgIpc) is 3.22. The third kappa shape index (κ3) is 5.52. The SMILES string of the molecule is CC(C)CCC(O)C(C)C1C(C)CC2C3CCC4CC(OC5OC(CO)C(O)C(O)C5O)CC(O)C4(C)C3CCC21C. The summed E-state index contributed by atoms with van der Waals surface area (Å²) in [4.78, 5) is 0. The van der Waals surface area contributed by atoms with E-state index in [9.17, 15) is 30.6 Å². The topological polar surface area (TPSA) is 140 Å².